The molecule has 4 N–H and O–H groups in total. The van der Waals surface area contributed by atoms with Crippen LogP contribution in [0.25, 0.3) is 0 Å². The Kier molecular flexibility index (Phi) is 6.34. The Hall–Kier alpha value is -2.15. The number of nitrogens with one attached hydrogen (secondary N) is 2. The van der Waals surface area contributed by atoms with E-state index in [1.165, 1.54) is 56.7 Å². The second-order valence-corrected chi connectivity index (χ2v) is 5.93. The molecule has 1 amide bonds. The Bertz CT molecular complexity index is 554. The minimum Gasteiger partial charge on any atom is -0.398 e. The molecule has 0 aromatic heterocycles. The number of benzene rings is 1. The van der Waals surface area contributed by atoms with Gasteiger partial charge in [0.2, 0.25) is 0 Å². The second kappa shape index (κ2) is 8.47. The van der Waals surface area contributed by atoms with Crippen molar-refractivity contribution < 1.29 is 9.72 Å². The van der Waals surface area contributed by atoms with Gasteiger partial charge in [0, 0.05) is 37.0 Å². The van der Waals surface area contributed by atoms with Gasteiger partial charge in [-0.3, -0.25) is 14.9 Å². The second-order valence-electron chi connectivity index (χ2n) is 5.93. The van der Waals surface area contributed by atoms with Gasteiger partial charge in [0.1, 0.15) is 0 Å². The average molecular weight is 320 g/mol. The van der Waals surface area contributed by atoms with E-state index in [0.29, 0.717) is 19.1 Å². The van der Waals surface area contributed by atoms with E-state index in [1.807, 2.05) is 0 Å². The molecule has 1 aliphatic carbocycles. The van der Waals surface area contributed by atoms with Gasteiger partial charge in [-0.15, -0.1) is 0 Å². The lowest BCUT2D eigenvalue weighted by atomic mass is 10.1. The molecule has 1 fully saturated rings. The number of hydrogen-bond acceptors (Lipinski definition) is 5. The van der Waals surface area contributed by atoms with Crippen molar-refractivity contribution in [1.29, 1.82) is 0 Å². The number of non-ortho nitro benzene ring substituents is 1. The summed E-state index contributed by atoms with van der Waals surface area (Å²) in [4.78, 5) is 22.3. The van der Waals surface area contributed by atoms with E-state index in [1.54, 1.807) is 0 Å². The predicted molar refractivity (Wildman–Crippen MR) is 89.3 cm³/mol. The molecule has 2 rings (SSSR count). The lowest BCUT2D eigenvalue weighted by Gasteiger charge is -2.16. The number of nitro groups is 1. The highest BCUT2D eigenvalue weighted by Crippen LogP contribution is 2.19. The van der Waals surface area contributed by atoms with Crippen LogP contribution in [0.3, 0.4) is 0 Å². The van der Waals surface area contributed by atoms with Crippen molar-refractivity contribution in [1.82, 2.24) is 10.6 Å². The number of nitro benzene ring substituents is 1. The number of nitrogen functional groups attached to an aromatic ring is 1. The first-order valence-corrected chi connectivity index (χ1v) is 8.13. The van der Waals surface area contributed by atoms with E-state index < -0.39 is 4.92 Å². The van der Waals surface area contributed by atoms with Crippen molar-refractivity contribution in [2.24, 2.45) is 0 Å². The smallest absolute Gasteiger partial charge is 0.270 e. The summed E-state index contributed by atoms with van der Waals surface area (Å²) in [5.74, 6) is -0.381. The molecule has 23 heavy (non-hydrogen) atoms. The zero-order valence-corrected chi connectivity index (χ0v) is 13.2. The number of anilines is 1. The molecule has 0 heterocycles. The van der Waals surface area contributed by atoms with E-state index >= 15 is 0 Å². The van der Waals surface area contributed by atoms with Crippen molar-refractivity contribution in [3.63, 3.8) is 0 Å². The maximum absolute atomic E-state index is 12.1. The summed E-state index contributed by atoms with van der Waals surface area (Å²) in [6.45, 7) is 1.16. The molecule has 7 heteroatoms. The summed E-state index contributed by atoms with van der Waals surface area (Å²) in [7, 11) is 0. The van der Waals surface area contributed by atoms with E-state index in [4.69, 9.17) is 5.73 Å². The molecule has 0 aliphatic heterocycles. The van der Waals surface area contributed by atoms with Gasteiger partial charge in [-0.05, 0) is 18.9 Å². The summed E-state index contributed by atoms with van der Waals surface area (Å²) in [5, 5.41) is 17.0. The van der Waals surface area contributed by atoms with Gasteiger partial charge in [-0.2, -0.15) is 0 Å². The summed E-state index contributed by atoms with van der Waals surface area (Å²) in [6, 6.07) is 4.41. The summed E-state index contributed by atoms with van der Waals surface area (Å²) in [5.41, 5.74) is 5.98. The molecule has 0 saturated heterocycles. The van der Waals surface area contributed by atoms with Crippen LogP contribution in [0.4, 0.5) is 11.4 Å². The number of carbonyl (C=O) groups excluding carboxylic acids is 1. The van der Waals surface area contributed by atoms with Gasteiger partial charge in [0.05, 0.1) is 10.5 Å². The third-order valence-corrected chi connectivity index (χ3v) is 4.19. The van der Waals surface area contributed by atoms with Gasteiger partial charge in [-0.1, -0.05) is 25.7 Å². The predicted octanol–water partition coefficient (Wildman–Crippen LogP) is 2.22. The maximum Gasteiger partial charge on any atom is 0.270 e. The molecule has 1 aliphatic rings. The molecule has 0 spiro atoms. The van der Waals surface area contributed by atoms with E-state index in [2.05, 4.69) is 10.6 Å². The number of nitrogens with zero attached hydrogens (tertiary/aromatic N) is 1. The van der Waals surface area contributed by atoms with Crippen LogP contribution in [0.2, 0.25) is 0 Å². The minimum absolute atomic E-state index is 0.138. The highest BCUT2D eigenvalue weighted by atomic mass is 16.6. The average Bonchev–Trinajstić information content (AvgIpc) is 2.80. The Labute approximate surface area is 135 Å². The van der Waals surface area contributed by atoms with Crippen LogP contribution in [0.1, 0.15) is 48.9 Å². The summed E-state index contributed by atoms with van der Waals surface area (Å²) < 4.78 is 0. The van der Waals surface area contributed by atoms with Gasteiger partial charge >= 0.3 is 0 Å². The molecule has 126 valence electrons. The number of nitrogens with two attached hydrogens (primary N) is 1. The number of hydrogen-bond donors (Lipinski definition) is 3. The molecule has 1 aromatic carbocycles. The van der Waals surface area contributed by atoms with Crippen LogP contribution in [-0.4, -0.2) is 30.0 Å². The topological polar surface area (TPSA) is 110 Å². The number of carbonyl (C=O) groups is 1. The van der Waals surface area contributed by atoms with E-state index in [9.17, 15) is 14.9 Å². The third-order valence-electron chi connectivity index (χ3n) is 4.19. The third kappa shape index (κ3) is 5.21. The molecular formula is C16H24N4O3. The number of amides is 1. The maximum atomic E-state index is 12.1. The molecule has 1 saturated carbocycles. The Morgan fingerprint density at radius 3 is 2.57 bits per heavy atom. The van der Waals surface area contributed by atoms with Crippen LogP contribution < -0.4 is 16.4 Å². The summed E-state index contributed by atoms with van der Waals surface area (Å²) >= 11 is 0. The molecule has 0 atom stereocenters. The zero-order valence-electron chi connectivity index (χ0n) is 13.2. The normalized spacial score (nSPS) is 15.8. The first-order chi connectivity index (χ1) is 11.1. The van der Waals surface area contributed by atoms with Crippen molar-refractivity contribution in [3.05, 3.63) is 33.9 Å². The van der Waals surface area contributed by atoms with E-state index in [0.717, 1.165) is 0 Å². The van der Waals surface area contributed by atoms with Crippen LogP contribution >= 0.6 is 0 Å². The largest absolute Gasteiger partial charge is 0.398 e. The lowest BCUT2D eigenvalue weighted by Crippen LogP contribution is -2.37. The fraction of sp³-hybridized carbons (Fsp3) is 0.562. The highest BCUT2D eigenvalue weighted by Gasteiger charge is 2.15. The zero-order chi connectivity index (χ0) is 16.7. The van der Waals surface area contributed by atoms with Gasteiger partial charge < -0.3 is 16.4 Å². The fourth-order valence-corrected chi connectivity index (χ4v) is 2.89. The molecular weight excluding hydrogens is 296 g/mol. The minimum atomic E-state index is -0.538. The molecule has 0 unspecified atom stereocenters. The van der Waals surface area contributed by atoms with Crippen LogP contribution in [0, 0.1) is 10.1 Å². The van der Waals surface area contributed by atoms with Crippen LogP contribution in [0.15, 0.2) is 18.2 Å². The van der Waals surface area contributed by atoms with E-state index in [-0.39, 0.29) is 22.8 Å². The molecule has 0 bridgehead atoms. The van der Waals surface area contributed by atoms with Gasteiger partial charge in [0.15, 0.2) is 0 Å². The fourth-order valence-electron chi connectivity index (χ4n) is 2.89. The summed E-state index contributed by atoms with van der Waals surface area (Å²) in [6.07, 6.45) is 7.50. The van der Waals surface area contributed by atoms with Crippen molar-refractivity contribution in [2.75, 3.05) is 18.8 Å². The lowest BCUT2D eigenvalue weighted by molar-refractivity contribution is -0.384. The first kappa shape index (κ1) is 17.2. The molecule has 7 nitrogen and oxygen atoms in total. The Balaban J connectivity index is 1.80. The van der Waals surface area contributed by atoms with Gasteiger partial charge in [0.25, 0.3) is 11.6 Å². The van der Waals surface area contributed by atoms with Crippen molar-refractivity contribution >= 4 is 17.3 Å². The number of rotatable bonds is 6. The standard InChI is InChI=1S/C16H24N4O3/c17-15-8-7-13(20(22)23)11-14(15)16(21)19-10-9-18-12-5-3-1-2-4-6-12/h7-8,11-12,18H,1-6,9-10,17H2,(H,19,21). The monoisotopic (exact) mass is 320 g/mol. The van der Waals surface area contributed by atoms with Crippen LogP contribution in [0.5, 0.6) is 0 Å². The van der Waals surface area contributed by atoms with Crippen molar-refractivity contribution in [2.45, 2.75) is 44.6 Å². The molecule has 1 aromatic rings. The van der Waals surface area contributed by atoms with Crippen LogP contribution in [-0.2, 0) is 0 Å². The molecule has 0 radical (unpaired) electrons. The SMILES string of the molecule is Nc1ccc([N+](=O)[O-])cc1C(=O)NCCNC1CCCCCC1. The van der Waals surface area contributed by atoms with Gasteiger partial charge in [-0.25, -0.2) is 0 Å². The quantitative estimate of drug-likeness (QED) is 0.245. The Morgan fingerprint density at radius 1 is 1.22 bits per heavy atom. The first-order valence-electron chi connectivity index (χ1n) is 8.13. The highest BCUT2D eigenvalue weighted by molar-refractivity contribution is 5.99. The van der Waals surface area contributed by atoms with Crippen molar-refractivity contribution in [3.8, 4) is 0 Å². The Morgan fingerprint density at radius 2 is 1.91 bits per heavy atom.